The number of carbonyl (C=O) groups excluding carboxylic acids is 2. The van der Waals surface area contributed by atoms with Crippen LogP contribution in [0.25, 0.3) is 0 Å². The second kappa shape index (κ2) is 10.3. The maximum Gasteiger partial charge on any atom is 0.251 e. The SMILES string of the molecule is COc1ccc(C(=O)NC(C(=O)N[C@H]2CCCNC2)C(C)C)cc1.Cl. The minimum atomic E-state index is -0.554. The maximum absolute atomic E-state index is 12.5. The van der Waals surface area contributed by atoms with Crippen molar-refractivity contribution >= 4 is 24.2 Å². The minimum absolute atomic E-state index is 0. The summed E-state index contributed by atoms with van der Waals surface area (Å²) in [7, 11) is 1.58. The lowest BCUT2D eigenvalue weighted by atomic mass is 10.0. The summed E-state index contributed by atoms with van der Waals surface area (Å²) in [6, 6.07) is 6.41. The van der Waals surface area contributed by atoms with Crippen LogP contribution in [0.15, 0.2) is 24.3 Å². The lowest BCUT2D eigenvalue weighted by molar-refractivity contribution is -0.124. The number of ether oxygens (including phenoxy) is 1. The molecule has 2 rings (SSSR count). The van der Waals surface area contributed by atoms with Crippen LogP contribution in [-0.4, -0.2) is 44.1 Å². The predicted molar refractivity (Wildman–Crippen MR) is 100 cm³/mol. The van der Waals surface area contributed by atoms with E-state index in [9.17, 15) is 9.59 Å². The van der Waals surface area contributed by atoms with E-state index in [1.54, 1.807) is 31.4 Å². The van der Waals surface area contributed by atoms with Gasteiger partial charge in [0.25, 0.3) is 5.91 Å². The van der Waals surface area contributed by atoms with Gasteiger partial charge in [-0.2, -0.15) is 0 Å². The number of nitrogens with one attached hydrogen (secondary N) is 3. The van der Waals surface area contributed by atoms with Gasteiger partial charge in [0.2, 0.25) is 5.91 Å². The molecule has 3 N–H and O–H groups in total. The predicted octanol–water partition coefficient (Wildman–Crippen LogP) is 1.74. The molecule has 0 radical (unpaired) electrons. The summed E-state index contributed by atoms with van der Waals surface area (Å²) in [5.74, 6) is 0.312. The van der Waals surface area contributed by atoms with Crippen LogP contribution in [0.5, 0.6) is 5.75 Å². The highest BCUT2D eigenvalue weighted by molar-refractivity contribution is 5.97. The molecule has 1 aliphatic heterocycles. The van der Waals surface area contributed by atoms with E-state index in [0.717, 1.165) is 25.9 Å². The lowest BCUT2D eigenvalue weighted by Gasteiger charge is -2.28. The minimum Gasteiger partial charge on any atom is -0.497 e. The first-order valence-corrected chi connectivity index (χ1v) is 8.47. The third kappa shape index (κ3) is 6.21. The van der Waals surface area contributed by atoms with Gasteiger partial charge in [0.15, 0.2) is 0 Å². The van der Waals surface area contributed by atoms with Gasteiger partial charge in [-0.3, -0.25) is 9.59 Å². The summed E-state index contributed by atoms with van der Waals surface area (Å²) in [5.41, 5.74) is 0.508. The zero-order valence-electron chi connectivity index (χ0n) is 15.0. The van der Waals surface area contributed by atoms with Crippen LogP contribution < -0.4 is 20.7 Å². The lowest BCUT2D eigenvalue weighted by Crippen LogP contribution is -2.54. The molecule has 2 amide bonds. The highest BCUT2D eigenvalue weighted by atomic mass is 35.5. The van der Waals surface area contributed by atoms with Crippen molar-refractivity contribution in [3.05, 3.63) is 29.8 Å². The molecule has 1 aromatic carbocycles. The van der Waals surface area contributed by atoms with E-state index in [-0.39, 0.29) is 36.2 Å². The fourth-order valence-electron chi connectivity index (χ4n) is 2.77. The molecule has 2 atom stereocenters. The Hall–Kier alpha value is -1.79. The van der Waals surface area contributed by atoms with Crippen molar-refractivity contribution in [2.45, 2.75) is 38.8 Å². The number of benzene rings is 1. The number of hydrogen-bond donors (Lipinski definition) is 3. The fraction of sp³-hybridized carbons (Fsp3) is 0.556. The van der Waals surface area contributed by atoms with Crippen molar-refractivity contribution in [3.63, 3.8) is 0 Å². The second-order valence-corrected chi connectivity index (χ2v) is 6.48. The molecule has 0 bridgehead atoms. The maximum atomic E-state index is 12.5. The standard InChI is InChI=1S/C18H27N3O3.ClH/c1-12(2)16(18(23)20-14-5-4-10-19-11-14)21-17(22)13-6-8-15(24-3)9-7-13;/h6-9,12,14,16,19H,4-5,10-11H2,1-3H3,(H,20,23)(H,21,22);1H/t14-,16?;/m0./s1. The van der Waals surface area contributed by atoms with Gasteiger partial charge in [0.05, 0.1) is 7.11 Å². The second-order valence-electron chi connectivity index (χ2n) is 6.48. The van der Waals surface area contributed by atoms with Crippen molar-refractivity contribution < 1.29 is 14.3 Å². The number of amides is 2. The molecule has 25 heavy (non-hydrogen) atoms. The van der Waals surface area contributed by atoms with Crippen molar-refractivity contribution in [2.75, 3.05) is 20.2 Å². The van der Waals surface area contributed by atoms with Crippen LogP contribution in [0.2, 0.25) is 0 Å². The first-order valence-electron chi connectivity index (χ1n) is 8.47. The number of hydrogen-bond acceptors (Lipinski definition) is 4. The van der Waals surface area contributed by atoms with Crippen molar-refractivity contribution in [1.29, 1.82) is 0 Å². The zero-order chi connectivity index (χ0) is 17.5. The average molecular weight is 370 g/mol. The van der Waals surface area contributed by atoms with E-state index in [4.69, 9.17) is 4.74 Å². The smallest absolute Gasteiger partial charge is 0.251 e. The van der Waals surface area contributed by atoms with Crippen LogP contribution in [-0.2, 0) is 4.79 Å². The van der Waals surface area contributed by atoms with Crippen LogP contribution in [0, 0.1) is 5.92 Å². The molecule has 1 aromatic rings. The normalized spacial score (nSPS) is 18.0. The third-order valence-electron chi connectivity index (χ3n) is 4.23. The van der Waals surface area contributed by atoms with E-state index < -0.39 is 6.04 Å². The van der Waals surface area contributed by atoms with Gasteiger partial charge in [-0.15, -0.1) is 12.4 Å². The molecule has 1 saturated heterocycles. The van der Waals surface area contributed by atoms with Gasteiger partial charge in [-0.25, -0.2) is 0 Å². The monoisotopic (exact) mass is 369 g/mol. The van der Waals surface area contributed by atoms with E-state index in [2.05, 4.69) is 16.0 Å². The van der Waals surface area contributed by atoms with Crippen molar-refractivity contribution in [2.24, 2.45) is 5.92 Å². The number of piperidine rings is 1. The quantitative estimate of drug-likeness (QED) is 0.713. The van der Waals surface area contributed by atoms with Crippen LogP contribution >= 0.6 is 12.4 Å². The average Bonchev–Trinajstić information content (AvgIpc) is 2.60. The first-order chi connectivity index (χ1) is 11.5. The first kappa shape index (κ1) is 21.3. The molecule has 0 aliphatic carbocycles. The molecular formula is C18H28ClN3O3. The summed E-state index contributed by atoms with van der Waals surface area (Å²) in [6.07, 6.45) is 2.02. The Kier molecular flexibility index (Phi) is 8.72. The van der Waals surface area contributed by atoms with Crippen LogP contribution in [0.3, 0.4) is 0 Å². The fourth-order valence-corrected chi connectivity index (χ4v) is 2.77. The van der Waals surface area contributed by atoms with Crippen molar-refractivity contribution in [1.82, 2.24) is 16.0 Å². The molecule has 1 fully saturated rings. The Bertz CT molecular complexity index is 557. The van der Waals surface area contributed by atoms with E-state index in [1.165, 1.54) is 0 Å². The summed E-state index contributed by atoms with van der Waals surface area (Å²) in [5, 5.41) is 9.16. The molecule has 1 heterocycles. The van der Waals surface area contributed by atoms with Gasteiger partial charge in [-0.05, 0) is 49.6 Å². The Morgan fingerprint density at radius 1 is 1.24 bits per heavy atom. The Labute approximate surface area is 155 Å². The summed E-state index contributed by atoms with van der Waals surface area (Å²) in [4.78, 5) is 25.0. The number of carbonyl (C=O) groups is 2. The van der Waals surface area contributed by atoms with Gasteiger partial charge < -0.3 is 20.7 Å². The van der Waals surface area contributed by atoms with Gasteiger partial charge in [0, 0.05) is 18.2 Å². The Morgan fingerprint density at radius 2 is 1.92 bits per heavy atom. The third-order valence-corrected chi connectivity index (χ3v) is 4.23. The molecule has 1 unspecified atom stereocenters. The highest BCUT2D eigenvalue weighted by Gasteiger charge is 2.27. The molecule has 140 valence electrons. The number of halogens is 1. The summed E-state index contributed by atoms with van der Waals surface area (Å²) < 4.78 is 5.09. The molecular weight excluding hydrogens is 342 g/mol. The van der Waals surface area contributed by atoms with E-state index in [1.807, 2.05) is 13.8 Å². The molecule has 0 aromatic heterocycles. The Balaban J connectivity index is 0.00000312. The highest BCUT2D eigenvalue weighted by Crippen LogP contribution is 2.12. The molecule has 6 nitrogen and oxygen atoms in total. The summed E-state index contributed by atoms with van der Waals surface area (Å²) in [6.45, 7) is 5.63. The van der Waals surface area contributed by atoms with E-state index >= 15 is 0 Å². The topological polar surface area (TPSA) is 79.5 Å². The van der Waals surface area contributed by atoms with Crippen LogP contribution in [0.1, 0.15) is 37.0 Å². The molecule has 0 saturated carbocycles. The Morgan fingerprint density at radius 3 is 2.44 bits per heavy atom. The van der Waals surface area contributed by atoms with E-state index in [0.29, 0.717) is 11.3 Å². The molecule has 0 spiro atoms. The van der Waals surface area contributed by atoms with Gasteiger partial charge in [0.1, 0.15) is 11.8 Å². The van der Waals surface area contributed by atoms with Gasteiger partial charge >= 0.3 is 0 Å². The zero-order valence-corrected chi connectivity index (χ0v) is 15.8. The number of rotatable bonds is 6. The van der Waals surface area contributed by atoms with Crippen LogP contribution in [0.4, 0.5) is 0 Å². The molecule has 1 aliphatic rings. The number of methoxy groups -OCH3 is 1. The van der Waals surface area contributed by atoms with Gasteiger partial charge in [-0.1, -0.05) is 13.8 Å². The largest absolute Gasteiger partial charge is 0.497 e. The summed E-state index contributed by atoms with van der Waals surface area (Å²) >= 11 is 0. The molecule has 7 heteroatoms. The van der Waals surface area contributed by atoms with Crippen molar-refractivity contribution in [3.8, 4) is 5.75 Å².